The highest BCUT2D eigenvalue weighted by Gasteiger charge is 2.30. The van der Waals surface area contributed by atoms with E-state index in [0.717, 1.165) is 0 Å². The van der Waals surface area contributed by atoms with E-state index in [0.29, 0.717) is 19.6 Å². The van der Waals surface area contributed by atoms with Crippen LogP contribution in [0.4, 0.5) is 0 Å². The third kappa shape index (κ3) is 2.72. The number of hydrogen-bond donors (Lipinski definition) is 1. The summed E-state index contributed by atoms with van der Waals surface area (Å²) in [5, 5.41) is 3.00. The third-order valence-corrected chi connectivity index (χ3v) is 1.98. The molecule has 1 aliphatic rings. The summed E-state index contributed by atoms with van der Waals surface area (Å²) in [6.07, 6.45) is 5.70. The lowest BCUT2D eigenvalue weighted by molar-refractivity contribution is -0.142. The molecule has 0 bridgehead atoms. The second-order valence-electron chi connectivity index (χ2n) is 2.86. The van der Waals surface area contributed by atoms with Crippen LogP contribution in [-0.4, -0.2) is 38.4 Å². The van der Waals surface area contributed by atoms with Gasteiger partial charge in [-0.25, -0.2) is 0 Å². The minimum Gasteiger partial charge on any atom is -0.468 e. The summed E-state index contributed by atoms with van der Waals surface area (Å²) in [5.41, 5.74) is 0. The summed E-state index contributed by atoms with van der Waals surface area (Å²) in [5.74, 6) is 2.14. The zero-order valence-corrected chi connectivity index (χ0v) is 7.58. The average molecular weight is 183 g/mol. The topological polar surface area (TPSA) is 47.6 Å². The summed E-state index contributed by atoms with van der Waals surface area (Å²) >= 11 is 0. The molecule has 0 spiro atoms. The Morgan fingerprint density at radius 2 is 2.54 bits per heavy atom. The molecular formula is C9H13NO3. The van der Waals surface area contributed by atoms with Crippen LogP contribution < -0.4 is 5.32 Å². The van der Waals surface area contributed by atoms with Crippen LogP contribution in [0.5, 0.6) is 0 Å². The highest BCUT2D eigenvalue weighted by molar-refractivity contribution is 5.76. The molecule has 0 unspecified atom stereocenters. The summed E-state index contributed by atoms with van der Waals surface area (Å²) in [6, 6.07) is -0.243. The highest BCUT2D eigenvalue weighted by atomic mass is 16.5. The Balaban J connectivity index is 2.28. The SMILES string of the molecule is C#CCO[C@H]1CN[C@H](C(=O)OC)C1. The van der Waals surface area contributed by atoms with E-state index in [1.165, 1.54) is 7.11 Å². The van der Waals surface area contributed by atoms with Crippen molar-refractivity contribution in [2.24, 2.45) is 0 Å². The van der Waals surface area contributed by atoms with E-state index in [2.05, 4.69) is 16.0 Å². The number of terminal acetylenes is 1. The molecule has 4 nitrogen and oxygen atoms in total. The molecule has 13 heavy (non-hydrogen) atoms. The van der Waals surface area contributed by atoms with Gasteiger partial charge in [0, 0.05) is 13.0 Å². The predicted octanol–water partition coefficient (Wildman–Crippen LogP) is -0.460. The van der Waals surface area contributed by atoms with Crippen molar-refractivity contribution in [2.75, 3.05) is 20.3 Å². The van der Waals surface area contributed by atoms with Gasteiger partial charge < -0.3 is 14.8 Å². The van der Waals surface area contributed by atoms with Gasteiger partial charge in [0.25, 0.3) is 0 Å². The molecule has 1 aliphatic heterocycles. The van der Waals surface area contributed by atoms with Crippen LogP contribution in [0.1, 0.15) is 6.42 Å². The van der Waals surface area contributed by atoms with Crippen LogP contribution in [-0.2, 0) is 14.3 Å². The van der Waals surface area contributed by atoms with Crippen molar-refractivity contribution in [3.63, 3.8) is 0 Å². The molecule has 72 valence electrons. The quantitative estimate of drug-likeness (QED) is 0.475. The first-order valence-corrected chi connectivity index (χ1v) is 4.14. The van der Waals surface area contributed by atoms with Crippen LogP contribution in [0.15, 0.2) is 0 Å². The van der Waals surface area contributed by atoms with E-state index in [4.69, 9.17) is 11.2 Å². The van der Waals surface area contributed by atoms with Gasteiger partial charge in [0.05, 0.1) is 13.2 Å². The summed E-state index contributed by atoms with van der Waals surface area (Å²) in [4.78, 5) is 11.1. The summed E-state index contributed by atoms with van der Waals surface area (Å²) in [7, 11) is 1.37. The van der Waals surface area contributed by atoms with Crippen LogP contribution in [0.25, 0.3) is 0 Å². The van der Waals surface area contributed by atoms with Gasteiger partial charge in [0.15, 0.2) is 0 Å². The van der Waals surface area contributed by atoms with Gasteiger partial charge in [-0.2, -0.15) is 0 Å². The maximum atomic E-state index is 11.1. The van der Waals surface area contributed by atoms with E-state index in [-0.39, 0.29) is 18.1 Å². The molecule has 4 heteroatoms. The van der Waals surface area contributed by atoms with E-state index in [9.17, 15) is 4.79 Å². The zero-order chi connectivity index (χ0) is 9.68. The van der Waals surface area contributed by atoms with Crippen LogP contribution in [0.2, 0.25) is 0 Å². The Hall–Kier alpha value is -1.05. The number of ether oxygens (including phenoxy) is 2. The van der Waals surface area contributed by atoms with E-state index >= 15 is 0 Å². The number of carbonyl (C=O) groups excluding carboxylic acids is 1. The van der Waals surface area contributed by atoms with Crippen molar-refractivity contribution in [1.82, 2.24) is 5.32 Å². The minimum atomic E-state index is -0.244. The van der Waals surface area contributed by atoms with Crippen molar-refractivity contribution < 1.29 is 14.3 Å². The number of methoxy groups -OCH3 is 1. The standard InChI is InChI=1S/C9H13NO3/c1-3-4-13-7-5-8(10-6-7)9(11)12-2/h1,7-8,10H,4-6H2,2H3/t7-,8+/m1/s1. The zero-order valence-electron chi connectivity index (χ0n) is 7.58. The number of rotatable bonds is 3. The second-order valence-corrected chi connectivity index (χ2v) is 2.86. The molecule has 0 aliphatic carbocycles. The summed E-state index contributed by atoms with van der Waals surface area (Å²) < 4.78 is 9.86. The minimum absolute atomic E-state index is 0.0279. The molecule has 1 heterocycles. The smallest absolute Gasteiger partial charge is 0.322 e. The predicted molar refractivity (Wildman–Crippen MR) is 47.0 cm³/mol. The molecule has 2 atom stereocenters. The first-order chi connectivity index (χ1) is 6.27. The number of esters is 1. The first-order valence-electron chi connectivity index (χ1n) is 4.14. The maximum Gasteiger partial charge on any atom is 0.322 e. The third-order valence-electron chi connectivity index (χ3n) is 1.98. The highest BCUT2D eigenvalue weighted by Crippen LogP contribution is 2.10. The van der Waals surface area contributed by atoms with Gasteiger partial charge in [0.2, 0.25) is 0 Å². The van der Waals surface area contributed by atoms with Crippen LogP contribution in [0.3, 0.4) is 0 Å². The number of carbonyl (C=O) groups is 1. The summed E-state index contributed by atoms with van der Waals surface area (Å²) in [6.45, 7) is 0.946. The molecule has 0 aromatic rings. The molecule has 0 saturated carbocycles. The van der Waals surface area contributed by atoms with E-state index < -0.39 is 0 Å². The molecule has 1 saturated heterocycles. The van der Waals surface area contributed by atoms with Gasteiger partial charge in [-0.15, -0.1) is 6.42 Å². The van der Waals surface area contributed by atoms with Gasteiger partial charge in [0.1, 0.15) is 12.6 Å². The Morgan fingerprint density at radius 1 is 1.77 bits per heavy atom. The number of nitrogens with one attached hydrogen (secondary N) is 1. The monoisotopic (exact) mass is 183 g/mol. The molecule has 0 aromatic heterocycles. The largest absolute Gasteiger partial charge is 0.468 e. The van der Waals surface area contributed by atoms with Gasteiger partial charge in [-0.05, 0) is 0 Å². The fraction of sp³-hybridized carbons (Fsp3) is 0.667. The Kier molecular flexibility index (Phi) is 3.74. The second kappa shape index (κ2) is 4.85. The average Bonchev–Trinajstić information content (AvgIpc) is 2.62. The fourth-order valence-electron chi connectivity index (χ4n) is 1.32. The van der Waals surface area contributed by atoms with Crippen molar-refractivity contribution >= 4 is 5.97 Å². The lowest BCUT2D eigenvalue weighted by Crippen LogP contribution is -2.31. The Labute approximate surface area is 77.6 Å². The molecular weight excluding hydrogens is 170 g/mol. The molecule has 0 amide bonds. The maximum absolute atomic E-state index is 11.1. The van der Waals surface area contributed by atoms with Crippen molar-refractivity contribution in [2.45, 2.75) is 18.6 Å². The van der Waals surface area contributed by atoms with Gasteiger partial charge in [-0.1, -0.05) is 5.92 Å². The van der Waals surface area contributed by atoms with Gasteiger partial charge >= 0.3 is 5.97 Å². The molecule has 1 N–H and O–H groups in total. The lowest BCUT2D eigenvalue weighted by Gasteiger charge is -2.07. The Morgan fingerprint density at radius 3 is 3.15 bits per heavy atom. The lowest BCUT2D eigenvalue weighted by atomic mass is 10.2. The van der Waals surface area contributed by atoms with Gasteiger partial charge in [-0.3, -0.25) is 4.79 Å². The van der Waals surface area contributed by atoms with Crippen LogP contribution >= 0.6 is 0 Å². The normalized spacial score (nSPS) is 26.8. The molecule has 1 fully saturated rings. The Bertz CT molecular complexity index is 221. The molecule has 0 radical (unpaired) electrons. The first kappa shape index (κ1) is 10.0. The fourth-order valence-corrected chi connectivity index (χ4v) is 1.32. The number of hydrogen-bond acceptors (Lipinski definition) is 4. The molecule has 1 rings (SSSR count). The molecule has 0 aromatic carbocycles. The van der Waals surface area contributed by atoms with Crippen molar-refractivity contribution in [3.05, 3.63) is 0 Å². The van der Waals surface area contributed by atoms with E-state index in [1.54, 1.807) is 0 Å². The van der Waals surface area contributed by atoms with Crippen molar-refractivity contribution in [1.29, 1.82) is 0 Å². The van der Waals surface area contributed by atoms with E-state index in [1.807, 2.05) is 0 Å². The van der Waals surface area contributed by atoms with Crippen LogP contribution in [0, 0.1) is 12.3 Å². The van der Waals surface area contributed by atoms with Crippen molar-refractivity contribution in [3.8, 4) is 12.3 Å².